The maximum absolute atomic E-state index is 13.7. The van der Waals surface area contributed by atoms with Crippen molar-refractivity contribution in [2.24, 2.45) is 5.92 Å². The first kappa shape index (κ1) is 29.0. The van der Waals surface area contributed by atoms with Crippen LogP contribution in [-0.4, -0.2) is 50.8 Å². The maximum Gasteiger partial charge on any atom is 0.310 e. The number of benzene rings is 3. The summed E-state index contributed by atoms with van der Waals surface area (Å²) < 4.78 is 43.9. The predicted octanol–water partition coefficient (Wildman–Crippen LogP) is 5.68. The van der Waals surface area contributed by atoms with Gasteiger partial charge in [-0.2, -0.15) is 5.26 Å². The van der Waals surface area contributed by atoms with Gasteiger partial charge in [-0.15, -0.1) is 0 Å². The van der Waals surface area contributed by atoms with Gasteiger partial charge in [0.2, 0.25) is 0 Å². The Morgan fingerprint density at radius 2 is 1.68 bits per heavy atom. The molecule has 8 heteroatoms. The number of ether oxygens (including phenoxy) is 3. The maximum atomic E-state index is 13.7. The van der Waals surface area contributed by atoms with Crippen molar-refractivity contribution in [1.29, 1.82) is 5.26 Å². The lowest BCUT2D eigenvalue weighted by Crippen LogP contribution is -2.37. The average Bonchev–Trinajstić information content (AvgIpc) is 3.43. The van der Waals surface area contributed by atoms with Crippen LogP contribution in [0.5, 0.6) is 11.5 Å². The first-order valence-corrected chi connectivity index (χ1v) is 13.5. The van der Waals surface area contributed by atoms with Crippen LogP contribution in [0.4, 0.5) is 8.78 Å². The fraction of sp³-hybridized carbons (Fsp3) is 0.375. The van der Waals surface area contributed by atoms with Gasteiger partial charge in [0.05, 0.1) is 32.8 Å². The predicted molar refractivity (Wildman–Crippen MR) is 147 cm³/mol. The van der Waals surface area contributed by atoms with Gasteiger partial charge in [0, 0.05) is 13.1 Å². The molecule has 1 aliphatic rings. The van der Waals surface area contributed by atoms with Gasteiger partial charge >= 0.3 is 5.97 Å². The first-order valence-electron chi connectivity index (χ1n) is 13.5. The van der Waals surface area contributed by atoms with Gasteiger partial charge < -0.3 is 19.1 Å². The van der Waals surface area contributed by atoms with E-state index in [-0.39, 0.29) is 29.9 Å². The molecule has 1 saturated heterocycles. The largest absolute Gasteiger partial charge is 0.493 e. The van der Waals surface area contributed by atoms with Crippen LogP contribution < -0.4 is 9.47 Å². The van der Waals surface area contributed by atoms with Gasteiger partial charge in [0.1, 0.15) is 17.0 Å². The molecule has 1 heterocycles. The van der Waals surface area contributed by atoms with Crippen LogP contribution in [0.2, 0.25) is 0 Å². The van der Waals surface area contributed by atoms with Gasteiger partial charge in [-0.3, -0.25) is 4.79 Å². The zero-order valence-corrected chi connectivity index (χ0v) is 22.9. The second kappa shape index (κ2) is 13.4. The minimum Gasteiger partial charge on any atom is -0.493 e. The summed E-state index contributed by atoms with van der Waals surface area (Å²) in [6.45, 7) is 4.83. The monoisotopic (exact) mass is 548 g/mol. The van der Waals surface area contributed by atoms with Gasteiger partial charge in [-0.05, 0) is 85.3 Å². The van der Waals surface area contributed by atoms with Gasteiger partial charge in [0.25, 0.3) is 0 Å². The van der Waals surface area contributed by atoms with Crippen LogP contribution in [0.3, 0.4) is 0 Å². The highest BCUT2D eigenvalue weighted by molar-refractivity contribution is 5.73. The minimum atomic E-state index is -1.02. The topological polar surface area (TPSA) is 71.8 Å². The van der Waals surface area contributed by atoms with E-state index in [1.54, 1.807) is 50.4 Å². The van der Waals surface area contributed by atoms with Gasteiger partial charge in [-0.1, -0.05) is 30.3 Å². The molecule has 1 atom stereocenters. The fourth-order valence-electron chi connectivity index (χ4n) is 5.46. The van der Waals surface area contributed by atoms with Crippen LogP contribution in [0.15, 0.2) is 66.7 Å². The molecule has 0 saturated carbocycles. The average molecular weight is 549 g/mol. The molecule has 1 fully saturated rings. The number of nitriles is 1. The van der Waals surface area contributed by atoms with Crippen molar-refractivity contribution in [3.63, 3.8) is 0 Å². The van der Waals surface area contributed by atoms with E-state index in [0.717, 1.165) is 31.5 Å². The summed E-state index contributed by atoms with van der Waals surface area (Å²) in [6.07, 6.45) is 1.70. The quantitative estimate of drug-likeness (QED) is 0.214. The number of carbonyl (C=O) groups excluding carboxylic acids is 1. The molecule has 0 amide bonds. The fourth-order valence-corrected chi connectivity index (χ4v) is 5.46. The van der Waals surface area contributed by atoms with Crippen molar-refractivity contribution < 1.29 is 27.8 Å². The van der Waals surface area contributed by atoms with E-state index in [1.807, 2.05) is 6.07 Å². The molecule has 0 bridgehead atoms. The summed E-state index contributed by atoms with van der Waals surface area (Å²) in [4.78, 5) is 14.1. The number of nitrogens with zero attached hydrogens (tertiary/aromatic N) is 2. The molecule has 4 rings (SSSR count). The number of rotatable bonds is 12. The van der Waals surface area contributed by atoms with Crippen LogP contribution >= 0.6 is 0 Å². The molecule has 1 aliphatic heterocycles. The van der Waals surface area contributed by atoms with Crippen molar-refractivity contribution >= 4 is 5.97 Å². The van der Waals surface area contributed by atoms with E-state index in [0.29, 0.717) is 42.4 Å². The molecule has 40 heavy (non-hydrogen) atoms. The molecule has 0 aliphatic carbocycles. The number of hydrogen-bond donors (Lipinski definition) is 0. The number of carbonyl (C=O) groups is 1. The summed E-state index contributed by atoms with van der Waals surface area (Å²) in [6, 6.07) is 20.0. The third-order valence-corrected chi connectivity index (χ3v) is 7.42. The second-order valence-electron chi connectivity index (χ2n) is 9.89. The van der Waals surface area contributed by atoms with Crippen molar-refractivity contribution in [3.8, 4) is 17.6 Å². The third kappa shape index (κ3) is 6.60. The Kier molecular flexibility index (Phi) is 9.73. The Hall–Kier alpha value is -3.96. The summed E-state index contributed by atoms with van der Waals surface area (Å²) in [5.41, 5.74) is 1.17. The van der Waals surface area contributed by atoms with Crippen molar-refractivity contribution in [2.75, 3.05) is 40.0 Å². The third-order valence-electron chi connectivity index (χ3n) is 7.42. The Morgan fingerprint density at radius 3 is 2.25 bits per heavy atom. The highest BCUT2D eigenvalue weighted by Crippen LogP contribution is 2.43. The van der Waals surface area contributed by atoms with Crippen LogP contribution in [-0.2, 0) is 21.4 Å². The zero-order valence-electron chi connectivity index (χ0n) is 22.9. The van der Waals surface area contributed by atoms with Crippen LogP contribution in [0.25, 0.3) is 0 Å². The van der Waals surface area contributed by atoms with E-state index in [1.165, 1.54) is 24.3 Å². The molecule has 3 aromatic rings. The summed E-state index contributed by atoms with van der Waals surface area (Å²) in [5.74, 6) is 0.0785. The number of hydrogen-bond acceptors (Lipinski definition) is 6. The lowest BCUT2D eigenvalue weighted by atomic mass is 9.66. The standard InChI is InChI=1S/C32H34F2N2O4/c1-3-39-31(37)20-23-5-14-29(30(19-23)38-2)40-18-4-16-36-17-15-26(21-36)32(22-35,24-6-10-27(33)11-7-24)25-8-12-28(34)13-9-25/h5-14,19,26H,3-4,15-18,20-21H2,1-2H3. The lowest BCUT2D eigenvalue weighted by molar-refractivity contribution is -0.142. The van der Waals surface area contributed by atoms with Crippen LogP contribution in [0, 0.1) is 28.9 Å². The number of halogens is 2. The van der Waals surface area contributed by atoms with Gasteiger partial charge in [0.15, 0.2) is 11.5 Å². The van der Waals surface area contributed by atoms with E-state index in [2.05, 4.69) is 11.0 Å². The Bertz CT molecular complexity index is 1280. The Labute approximate surface area is 234 Å². The van der Waals surface area contributed by atoms with Gasteiger partial charge in [-0.25, -0.2) is 8.78 Å². The number of esters is 1. The van der Waals surface area contributed by atoms with Crippen molar-refractivity contribution in [3.05, 3.63) is 95.1 Å². The molecule has 0 spiro atoms. The summed E-state index contributed by atoms with van der Waals surface area (Å²) in [7, 11) is 1.56. The summed E-state index contributed by atoms with van der Waals surface area (Å²) in [5, 5.41) is 10.5. The lowest BCUT2D eigenvalue weighted by Gasteiger charge is -2.34. The zero-order chi connectivity index (χ0) is 28.5. The Morgan fingerprint density at radius 1 is 1.02 bits per heavy atom. The van der Waals surface area contributed by atoms with Crippen molar-refractivity contribution in [2.45, 2.75) is 31.6 Å². The first-order chi connectivity index (χ1) is 19.4. The highest BCUT2D eigenvalue weighted by Gasteiger charge is 2.45. The Balaban J connectivity index is 1.39. The molecule has 210 valence electrons. The van der Waals surface area contributed by atoms with E-state index < -0.39 is 5.41 Å². The highest BCUT2D eigenvalue weighted by atomic mass is 19.1. The normalized spacial score (nSPS) is 15.4. The molecule has 0 aromatic heterocycles. The smallest absolute Gasteiger partial charge is 0.310 e. The molecular weight excluding hydrogens is 514 g/mol. The number of likely N-dealkylation sites (tertiary alicyclic amines) is 1. The number of methoxy groups -OCH3 is 1. The second-order valence-corrected chi connectivity index (χ2v) is 9.89. The molecule has 1 unspecified atom stereocenters. The van der Waals surface area contributed by atoms with E-state index in [4.69, 9.17) is 14.2 Å². The van der Waals surface area contributed by atoms with E-state index >= 15 is 0 Å². The molecule has 3 aromatic carbocycles. The minimum absolute atomic E-state index is 0.0543. The van der Waals surface area contributed by atoms with Crippen molar-refractivity contribution in [1.82, 2.24) is 4.90 Å². The molecule has 0 radical (unpaired) electrons. The SMILES string of the molecule is CCOC(=O)Cc1ccc(OCCCN2CCC(C(C#N)(c3ccc(F)cc3)c3ccc(F)cc3)C2)c(OC)c1. The van der Waals surface area contributed by atoms with Crippen LogP contribution in [0.1, 0.15) is 36.5 Å². The molecular formula is C32H34F2N2O4. The summed E-state index contributed by atoms with van der Waals surface area (Å²) >= 11 is 0. The van der Waals surface area contributed by atoms with E-state index in [9.17, 15) is 18.8 Å². The molecule has 6 nitrogen and oxygen atoms in total. The molecule has 0 N–H and O–H groups in total.